The molecule has 68 valence electrons. The van der Waals surface area contributed by atoms with Gasteiger partial charge < -0.3 is 0 Å². The quantitative estimate of drug-likeness (QED) is 0.734. The molecule has 2 heterocycles. The standard InChI is InChI=1S/C8H10N4S/c1-6(2)12-4-7(10-11-12)8-3-9-5-13-8/h3-6H,1-2H3. The summed E-state index contributed by atoms with van der Waals surface area (Å²) in [5, 5.41) is 8.08. The van der Waals surface area contributed by atoms with Crippen LogP contribution in [-0.4, -0.2) is 20.0 Å². The summed E-state index contributed by atoms with van der Waals surface area (Å²) in [4.78, 5) is 5.06. The molecule has 0 atom stereocenters. The maximum atomic E-state index is 4.06. The van der Waals surface area contributed by atoms with Crippen molar-refractivity contribution < 1.29 is 0 Å². The second kappa shape index (κ2) is 3.26. The average Bonchev–Trinajstić information content (AvgIpc) is 2.75. The molecule has 13 heavy (non-hydrogen) atoms. The van der Waals surface area contributed by atoms with Crippen LogP contribution >= 0.6 is 11.3 Å². The summed E-state index contributed by atoms with van der Waals surface area (Å²) in [6.45, 7) is 4.15. The molecule has 2 aromatic heterocycles. The molecular formula is C8H10N4S. The Morgan fingerprint density at radius 3 is 2.85 bits per heavy atom. The molecule has 0 aliphatic carbocycles. The Hall–Kier alpha value is -1.23. The molecule has 5 heteroatoms. The fraction of sp³-hybridized carbons (Fsp3) is 0.375. The van der Waals surface area contributed by atoms with E-state index in [1.165, 1.54) is 0 Å². The summed E-state index contributed by atoms with van der Waals surface area (Å²) in [5.74, 6) is 0. The fourth-order valence-corrected chi connectivity index (χ4v) is 1.56. The van der Waals surface area contributed by atoms with Gasteiger partial charge in [-0.3, -0.25) is 4.98 Å². The molecule has 0 unspecified atom stereocenters. The third-order valence-electron chi connectivity index (χ3n) is 1.72. The lowest BCUT2D eigenvalue weighted by atomic mass is 10.4. The predicted octanol–water partition coefficient (Wildman–Crippen LogP) is 1.98. The summed E-state index contributed by atoms with van der Waals surface area (Å²) in [6.07, 6.45) is 3.75. The number of hydrogen-bond donors (Lipinski definition) is 0. The molecule has 0 aliphatic heterocycles. The van der Waals surface area contributed by atoms with Crippen LogP contribution in [0.1, 0.15) is 19.9 Å². The summed E-state index contributed by atoms with van der Waals surface area (Å²) in [6, 6.07) is 0.356. The van der Waals surface area contributed by atoms with Gasteiger partial charge in [-0.05, 0) is 13.8 Å². The van der Waals surface area contributed by atoms with Crippen LogP contribution in [0.2, 0.25) is 0 Å². The Morgan fingerprint density at radius 2 is 2.31 bits per heavy atom. The molecule has 0 saturated carbocycles. The topological polar surface area (TPSA) is 43.6 Å². The van der Waals surface area contributed by atoms with Crippen molar-refractivity contribution in [1.29, 1.82) is 0 Å². The zero-order valence-electron chi connectivity index (χ0n) is 7.51. The highest BCUT2D eigenvalue weighted by Gasteiger charge is 2.06. The van der Waals surface area contributed by atoms with Gasteiger partial charge in [-0.25, -0.2) is 4.68 Å². The average molecular weight is 194 g/mol. The minimum absolute atomic E-state index is 0.356. The maximum absolute atomic E-state index is 4.06. The zero-order chi connectivity index (χ0) is 9.26. The van der Waals surface area contributed by atoms with Crippen LogP contribution in [0.4, 0.5) is 0 Å². The van der Waals surface area contributed by atoms with Crippen molar-refractivity contribution in [2.75, 3.05) is 0 Å². The molecule has 2 rings (SSSR count). The molecule has 0 aromatic carbocycles. The highest BCUT2D eigenvalue weighted by molar-refractivity contribution is 7.13. The van der Waals surface area contributed by atoms with Crippen LogP contribution in [0, 0.1) is 0 Å². The first-order valence-corrected chi connectivity index (χ1v) is 4.96. The third kappa shape index (κ3) is 1.60. The fourth-order valence-electron chi connectivity index (χ4n) is 0.984. The number of thiazole rings is 1. The van der Waals surface area contributed by atoms with Gasteiger partial charge in [-0.15, -0.1) is 16.4 Å². The Labute approximate surface area is 80.2 Å². The number of rotatable bonds is 2. The van der Waals surface area contributed by atoms with Gasteiger partial charge in [-0.2, -0.15) is 0 Å². The van der Waals surface area contributed by atoms with E-state index in [0.717, 1.165) is 10.6 Å². The molecule has 0 saturated heterocycles. The summed E-state index contributed by atoms with van der Waals surface area (Å²) in [7, 11) is 0. The van der Waals surface area contributed by atoms with E-state index >= 15 is 0 Å². The van der Waals surface area contributed by atoms with E-state index in [2.05, 4.69) is 29.1 Å². The Bertz CT molecular complexity index is 377. The molecular weight excluding hydrogens is 184 g/mol. The van der Waals surface area contributed by atoms with Gasteiger partial charge in [0, 0.05) is 12.2 Å². The van der Waals surface area contributed by atoms with Gasteiger partial charge in [0.1, 0.15) is 5.69 Å². The van der Waals surface area contributed by atoms with Crippen LogP contribution in [0.3, 0.4) is 0 Å². The van der Waals surface area contributed by atoms with Crippen molar-refractivity contribution in [2.45, 2.75) is 19.9 Å². The molecule has 0 bridgehead atoms. The minimum atomic E-state index is 0.356. The molecule has 0 fully saturated rings. The van der Waals surface area contributed by atoms with Crippen molar-refractivity contribution in [1.82, 2.24) is 20.0 Å². The van der Waals surface area contributed by atoms with Crippen LogP contribution in [0.15, 0.2) is 17.9 Å². The van der Waals surface area contributed by atoms with E-state index in [4.69, 9.17) is 0 Å². The van der Waals surface area contributed by atoms with Crippen molar-refractivity contribution >= 4 is 11.3 Å². The monoisotopic (exact) mass is 194 g/mol. The number of nitrogens with zero attached hydrogens (tertiary/aromatic N) is 4. The van der Waals surface area contributed by atoms with Crippen LogP contribution in [-0.2, 0) is 0 Å². The van der Waals surface area contributed by atoms with Gasteiger partial charge >= 0.3 is 0 Å². The van der Waals surface area contributed by atoms with Crippen LogP contribution in [0.25, 0.3) is 10.6 Å². The Balaban J connectivity index is 2.33. The van der Waals surface area contributed by atoms with E-state index in [1.807, 2.05) is 10.9 Å². The third-order valence-corrected chi connectivity index (χ3v) is 2.52. The lowest BCUT2D eigenvalue weighted by Crippen LogP contribution is -2.00. The highest BCUT2D eigenvalue weighted by atomic mass is 32.1. The number of hydrogen-bond acceptors (Lipinski definition) is 4. The molecule has 0 aliphatic rings. The van der Waals surface area contributed by atoms with Crippen molar-refractivity contribution in [3.8, 4) is 10.6 Å². The molecule has 0 radical (unpaired) electrons. The Morgan fingerprint density at radius 1 is 1.46 bits per heavy atom. The zero-order valence-corrected chi connectivity index (χ0v) is 8.32. The molecule has 4 nitrogen and oxygen atoms in total. The van der Waals surface area contributed by atoms with Crippen molar-refractivity contribution in [3.05, 3.63) is 17.9 Å². The second-order valence-corrected chi connectivity index (χ2v) is 3.93. The van der Waals surface area contributed by atoms with Gasteiger partial charge in [0.25, 0.3) is 0 Å². The normalized spacial score (nSPS) is 11.0. The van der Waals surface area contributed by atoms with Gasteiger partial charge in [0.05, 0.1) is 16.6 Å². The van der Waals surface area contributed by atoms with Gasteiger partial charge in [0.15, 0.2) is 0 Å². The molecule has 0 amide bonds. The first-order valence-electron chi connectivity index (χ1n) is 4.08. The first kappa shape index (κ1) is 8.37. The van der Waals surface area contributed by atoms with Gasteiger partial charge in [-0.1, -0.05) is 5.21 Å². The number of aromatic nitrogens is 4. The van der Waals surface area contributed by atoms with E-state index in [9.17, 15) is 0 Å². The second-order valence-electron chi connectivity index (χ2n) is 3.04. The molecule has 0 spiro atoms. The largest absolute Gasteiger partial charge is 0.252 e. The van der Waals surface area contributed by atoms with Crippen LogP contribution < -0.4 is 0 Å². The molecule has 2 aromatic rings. The summed E-state index contributed by atoms with van der Waals surface area (Å²) in [5.41, 5.74) is 2.69. The highest BCUT2D eigenvalue weighted by Crippen LogP contribution is 2.20. The SMILES string of the molecule is CC(C)n1cc(-c2cncs2)nn1. The van der Waals surface area contributed by atoms with E-state index in [-0.39, 0.29) is 0 Å². The minimum Gasteiger partial charge on any atom is -0.252 e. The lowest BCUT2D eigenvalue weighted by molar-refractivity contribution is 0.514. The van der Waals surface area contributed by atoms with Gasteiger partial charge in [0.2, 0.25) is 0 Å². The smallest absolute Gasteiger partial charge is 0.124 e. The van der Waals surface area contributed by atoms with Crippen LogP contribution in [0.5, 0.6) is 0 Å². The van der Waals surface area contributed by atoms with E-state index < -0.39 is 0 Å². The molecule has 0 N–H and O–H groups in total. The van der Waals surface area contributed by atoms with E-state index in [1.54, 1.807) is 23.0 Å². The lowest BCUT2D eigenvalue weighted by Gasteiger charge is -2.00. The Kier molecular flexibility index (Phi) is 2.10. The summed E-state index contributed by atoms with van der Waals surface area (Å²) >= 11 is 1.57. The maximum Gasteiger partial charge on any atom is 0.124 e. The van der Waals surface area contributed by atoms with E-state index in [0.29, 0.717) is 6.04 Å². The summed E-state index contributed by atoms with van der Waals surface area (Å²) < 4.78 is 1.84. The first-order chi connectivity index (χ1) is 6.27. The van der Waals surface area contributed by atoms with Crippen molar-refractivity contribution in [2.24, 2.45) is 0 Å². The van der Waals surface area contributed by atoms with Crippen molar-refractivity contribution in [3.63, 3.8) is 0 Å². The predicted molar refractivity (Wildman–Crippen MR) is 51.5 cm³/mol.